The van der Waals surface area contributed by atoms with Crippen LogP contribution in [0.1, 0.15) is 19.3 Å². The van der Waals surface area contributed by atoms with Gasteiger partial charge in [0.15, 0.2) is 0 Å². The third-order valence-corrected chi connectivity index (χ3v) is 2.36. The molecule has 9 heavy (non-hydrogen) atoms. The van der Waals surface area contributed by atoms with Crippen LogP contribution < -0.4 is 0 Å². The number of rotatable bonds is 0. The molecule has 0 radical (unpaired) electrons. The molecule has 0 unspecified atom stereocenters. The summed E-state index contributed by atoms with van der Waals surface area (Å²) in [5.41, 5.74) is 0. The Labute approximate surface area is 54.8 Å². The number of hydrogen-bond donors (Lipinski definition) is 0. The van der Waals surface area contributed by atoms with Crippen LogP contribution in [0.3, 0.4) is 0 Å². The fourth-order valence-electron chi connectivity index (χ4n) is 1.68. The van der Waals surface area contributed by atoms with E-state index in [-0.39, 0.29) is 0 Å². The van der Waals surface area contributed by atoms with E-state index in [1.165, 1.54) is 6.42 Å². The first-order valence-electron chi connectivity index (χ1n) is 3.59. The van der Waals surface area contributed by atoms with Gasteiger partial charge in [-0.05, 0) is 18.8 Å². The van der Waals surface area contributed by atoms with Crippen molar-refractivity contribution in [1.82, 2.24) is 0 Å². The lowest BCUT2D eigenvalue weighted by molar-refractivity contribution is -0.124. The summed E-state index contributed by atoms with van der Waals surface area (Å²) in [6.07, 6.45) is 7.40. The Morgan fingerprint density at radius 1 is 1.44 bits per heavy atom. The topological polar surface area (TPSA) is 17.1 Å². The molecule has 2 aliphatic rings. The summed E-state index contributed by atoms with van der Waals surface area (Å²) >= 11 is 0. The highest BCUT2D eigenvalue weighted by Gasteiger charge is 2.32. The first kappa shape index (κ1) is 5.21. The molecular weight excluding hydrogens is 112 g/mol. The van der Waals surface area contributed by atoms with Crippen LogP contribution in [0.5, 0.6) is 0 Å². The minimum atomic E-state index is 0.332. The van der Waals surface area contributed by atoms with Gasteiger partial charge in [0, 0.05) is 12.3 Å². The zero-order valence-corrected chi connectivity index (χ0v) is 5.34. The second-order valence-corrected chi connectivity index (χ2v) is 2.93. The Balaban J connectivity index is 2.16. The summed E-state index contributed by atoms with van der Waals surface area (Å²) in [4.78, 5) is 11.0. The molecule has 0 bridgehead atoms. The Kier molecular flexibility index (Phi) is 0.981. The van der Waals surface area contributed by atoms with Gasteiger partial charge in [0.2, 0.25) is 0 Å². The highest BCUT2D eigenvalue weighted by atomic mass is 16.1. The van der Waals surface area contributed by atoms with Crippen molar-refractivity contribution in [3.05, 3.63) is 12.2 Å². The fraction of sp³-hybridized carbons (Fsp3) is 0.625. The Hall–Kier alpha value is -0.590. The standard InChI is InChI=1S/C8H10O/c9-8-3-1-2-6-4-5-7(6)8/h4-7H,1-3H2/t6-,7+/m1/s1. The maximum absolute atomic E-state index is 11.0. The third-order valence-electron chi connectivity index (χ3n) is 2.36. The monoisotopic (exact) mass is 122 g/mol. The number of ketones is 1. The van der Waals surface area contributed by atoms with Crippen molar-refractivity contribution in [2.75, 3.05) is 0 Å². The molecule has 0 aromatic heterocycles. The predicted molar refractivity (Wildman–Crippen MR) is 35.0 cm³/mol. The van der Waals surface area contributed by atoms with E-state index in [1.807, 2.05) is 6.08 Å². The zero-order valence-electron chi connectivity index (χ0n) is 5.34. The lowest BCUT2D eigenvalue weighted by Crippen LogP contribution is -2.30. The molecule has 1 heteroatoms. The van der Waals surface area contributed by atoms with Gasteiger partial charge in [0.1, 0.15) is 5.78 Å². The lowest BCUT2D eigenvalue weighted by Gasteiger charge is -2.32. The van der Waals surface area contributed by atoms with Crippen molar-refractivity contribution < 1.29 is 4.79 Å². The molecule has 0 aliphatic heterocycles. The lowest BCUT2D eigenvalue weighted by atomic mass is 9.71. The normalized spacial score (nSPS) is 39.8. The molecule has 0 saturated heterocycles. The summed E-state index contributed by atoms with van der Waals surface area (Å²) in [7, 11) is 0. The predicted octanol–water partition coefficient (Wildman–Crippen LogP) is 1.54. The molecule has 1 nitrogen and oxygen atoms in total. The van der Waals surface area contributed by atoms with Gasteiger partial charge < -0.3 is 0 Å². The van der Waals surface area contributed by atoms with Gasteiger partial charge in [-0.2, -0.15) is 0 Å². The summed E-state index contributed by atoms with van der Waals surface area (Å²) in [5.74, 6) is 1.43. The molecule has 0 aromatic rings. The average molecular weight is 122 g/mol. The maximum Gasteiger partial charge on any atom is 0.140 e. The maximum atomic E-state index is 11.0. The molecule has 48 valence electrons. The smallest absolute Gasteiger partial charge is 0.140 e. The molecule has 0 amide bonds. The van der Waals surface area contributed by atoms with Crippen LogP contribution in [0, 0.1) is 11.8 Å². The van der Waals surface area contributed by atoms with Crippen molar-refractivity contribution in [1.29, 1.82) is 0 Å². The summed E-state index contributed by atoms with van der Waals surface area (Å²) < 4.78 is 0. The largest absolute Gasteiger partial charge is 0.299 e. The molecule has 0 N–H and O–H groups in total. The SMILES string of the molecule is O=C1CCC[C@@H]2C=C[C@H]12. The zero-order chi connectivity index (χ0) is 6.27. The second-order valence-electron chi connectivity index (χ2n) is 2.93. The molecular formula is C8H10O. The van der Waals surface area contributed by atoms with E-state index in [1.54, 1.807) is 0 Å². The van der Waals surface area contributed by atoms with Gasteiger partial charge in [-0.15, -0.1) is 0 Å². The van der Waals surface area contributed by atoms with Crippen LogP contribution in [0.2, 0.25) is 0 Å². The Morgan fingerprint density at radius 3 is 2.78 bits per heavy atom. The van der Waals surface area contributed by atoms with E-state index < -0.39 is 0 Å². The van der Waals surface area contributed by atoms with Crippen molar-refractivity contribution in [3.8, 4) is 0 Å². The van der Waals surface area contributed by atoms with Crippen molar-refractivity contribution in [2.45, 2.75) is 19.3 Å². The van der Waals surface area contributed by atoms with E-state index in [9.17, 15) is 4.79 Å². The quantitative estimate of drug-likeness (QED) is 0.445. The van der Waals surface area contributed by atoms with Gasteiger partial charge in [0.05, 0.1) is 0 Å². The highest BCUT2D eigenvalue weighted by Crippen LogP contribution is 2.35. The molecule has 1 fully saturated rings. The first-order chi connectivity index (χ1) is 4.38. The van der Waals surface area contributed by atoms with E-state index in [4.69, 9.17) is 0 Å². The minimum absolute atomic E-state index is 0.332. The molecule has 0 aromatic carbocycles. The van der Waals surface area contributed by atoms with Gasteiger partial charge in [-0.1, -0.05) is 12.2 Å². The number of carbonyl (C=O) groups excluding carboxylic acids is 1. The fourth-order valence-corrected chi connectivity index (χ4v) is 1.68. The van der Waals surface area contributed by atoms with Crippen LogP contribution in [-0.4, -0.2) is 5.78 Å². The van der Waals surface area contributed by atoms with E-state index in [0.29, 0.717) is 17.6 Å². The first-order valence-corrected chi connectivity index (χ1v) is 3.59. The molecule has 0 spiro atoms. The van der Waals surface area contributed by atoms with Crippen LogP contribution in [0.4, 0.5) is 0 Å². The van der Waals surface area contributed by atoms with Crippen molar-refractivity contribution in [3.63, 3.8) is 0 Å². The highest BCUT2D eigenvalue weighted by molar-refractivity contribution is 5.85. The molecule has 0 heterocycles. The van der Waals surface area contributed by atoms with Gasteiger partial charge in [-0.25, -0.2) is 0 Å². The van der Waals surface area contributed by atoms with Crippen LogP contribution in [0.25, 0.3) is 0 Å². The van der Waals surface area contributed by atoms with E-state index in [0.717, 1.165) is 12.8 Å². The molecule has 2 rings (SSSR count). The molecule has 2 aliphatic carbocycles. The van der Waals surface area contributed by atoms with Gasteiger partial charge >= 0.3 is 0 Å². The average Bonchev–Trinajstić information content (AvgIpc) is 1.74. The number of carbonyl (C=O) groups is 1. The number of allylic oxidation sites excluding steroid dienone is 2. The number of Topliss-reactive ketones (excluding diaryl/α,β-unsaturated/α-hetero) is 1. The minimum Gasteiger partial charge on any atom is -0.299 e. The summed E-state index contributed by atoms with van der Waals surface area (Å²) in [5, 5.41) is 0. The Morgan fingerprint density at radius 2 is 2.33 bits per heavy atom. The third kappa shape index (κ3) is 0.640. The van der Waals surface area contributed by atoms with E-state index >= 15 is 0 Å². The summed E-state index contributed by atoms with van der Waals surface area (Å²) in [6.45, 7) is 0. The Bertz CT molecular complexity index is 169. The van der Waals surface area contributed by atoms with Crippen molar-refractivity contribution in [2.24, 2.45) is 11.8 Å². The molecule has 2 atom stereocenters. The van der Waals surface area contributed by atoms with Gasteiger partial charge in [0.25, 0.3) is 0 Å². The van der Waals surface area contributed by atoms with Crippen LogP contribution in [-0.2, 0) is 4.79 Å². The van der Waals surface area contributed by atoms with E-state index in [2.05, 4.69) is 6.08 Å². The summed E-state index contributed by atoms with van der Waals surface area (Å²) in [6, 6.07) is 0. The number of hydrogen-bond acceptors (Lipinski definition) is 1. The second kappa shape index (κ2) is 1.69. The van der Waals surface area contributed by atoms with Crippen molar-refractivity contribution >= 4 is 5.78 Å². The number of fused-ring (bicyclic) bond motifs is 1. The molecule has 1 saturated carbocycles. The van der Waals surface area contributed by atoms with Crippen LogP contribution in [0.15, 0.2) is 12.2 Å². The van der Waals surface area contributed by atoms with Gasteiger partial charge in [-0.3, -0.25) is 4.79 Å². The van der Waals surface area contributed by atoms with Crippen LogP contribution >= 0.6 is 0 Å².